The first-order valence-corrected chi connectivity index (χ1v) is 17.2. The Morgan fingerprint density at radius 1 is 0.260 bits per heavy atom. The van der Waals surface area contributed by atoms with Gasteiger partial charge in [-0.05, 0) is 94.2 Å². The molecule has 9 aromatic carbocycles. The predicted octanol–water partition coefficient (Wildman–Crippen LogP) is 13.5. The van der Waals surface area contributed by atoms with Crippen molar-refractivity contribution in [1.82, 2.24) is 4.98 Å². The van der Waals surface area contributed by atoms with E-state index in [2.05, 4.69) is 182 Å². The smallest absolute Gasteiger partial charge is 0.0792 e. The Morgan fingerprint density at radius 2 is 0.660 bits per heavy atom. The summed E-state index contributed by atoms with van der Waals surface area (Å²) in [7, 11) is 0. The molecule has 1 aromatic heterocycles. The SMILES string of the molecule is c1ccc(-c2c3ccccc3c(-c3ccc(-c4c5ccccc5c(-c5ccc6ccccc6c5)c5ccccc45)cc3)c3cccnc23)cc1. The molecule has 232 valence electrons. The molecular formula is C49H31N. The van der Waals surface area contributed by atoms with Gasteiger partial charge in [0, 0.05) is 17.1 Å². The van der Waals surface area contributed by atoms with Gasteiger partial charge in [0.25, 0.3) is 0 Å². The van der Waals surface area contributed by atoms with E-state index in [1.807, 2.05) is 6.20 Å². The van der Waals surface area contributed by atoms with Gasteiger partial charge in [0.2, 0.25) is 0 Å². The lowest BCUT2D eigenvalue weighted by Crippen LogP contribution is -1.93. The molecule has 1 heteroatoms. The molecule has 0 aliphatic heterocycles. The highest BCUT2D eigenvalue weighted by Crippen LogP contribution is 2.46. The number of pyridine rings is 1. The van der Waals surface area contributed by atoms with Crippen molar-refractivity contribution >= 4 is 54.0 Å². The second kappa shape index (κ2) is 11.5. The van der Waals surface area contributed by atoms with E-state index in [9.17, 15) is 0 Å². The van der Waals surface area contributed by atoms with Crippen LogP contribution in [0.1, 0.15) is 0 Å². The molecule has 1 heterocycles. The maximum Gasteiger partial charge on any atom is 0.0792 e. The molecule has 0 spiro atoms. The van der Waals surface area contributed by atoms with E-state index in [0.717, 1.165) is 10.9 Å². The van der Waals surface area contributed by atoms with E-state index in [1.165, 1.54) is 87.6 Å². The zero-order valence-electron chi connectivity index (χ0n) is 27.3. The van der Waals surface area contributed by atoms with Crippen molar-refractivity contribution in [2.75, 3.05) is 0 Å². The Labute approximate surface area is 290 Å². The minimum absolute atomic E-state index is 1.03. The highest BCUT2D eigenvalue weighted by molar-refractivity contribution is 6.23. The standard InChI is InChI=1S/C49H31N/c1-2-14-33(15-3-1)48-43-22-11-10-21-42(43)46(44-23-12-30-50-49(44)48)35-27-25-34(26-28-35)45-38-17-6-8-19-40(38)47(41-20-9-7-18-39(41)45)37-29-24-32-13-4-5-16-36(32)31-37/h1-31H. The lowest BCUT2D eigenvalue weighted by Gasteiger charge is -2.19. The van der Waals surface area contributed by atoms with Crippen LogP contribution in [-0.4, -0.2) is 4.98 Å². The first-order valence-electron chi connectivity index (χ1n) is 17.2. The number of rotatable bonds is 4. The van der Waals surface area contributed by atoms with Crippen LogP contribution < -0.4 is 0 Å². The molecule has 0 fully saturated rings. The maximum absolute atomic E-state index is 4.98. The van der Waals surface area contributed by atoms with Crippen LogP contribution in [0.25, 0.3) is 98.5 Å². The normalized spacial score (nSPS) is 11.6. The van der Waals surface area contributed by atoms with Crippen molar-refractivity contribution in [3.05, 3.63) is 188 Å². The summed E-state index contributed by atoms with van der Waals surface area (Å²) in [4.78, 5) is 4.98. The third-order valence-corrected chi connectivity index (χ3v) is 10.3. The van der Waals surface area contributed by atoms with Gasteiger partial charge in [-0.2, -0.15) is 0 Å². The van der Waals surface area contributed by atoms with Crippen molar-refractivity contribution in [3.8, 4) is 44.5 Å². The summed E-state index contributed by atoms with van der Waals surface area (Å²) in [5.74, 6) is 0. The van der Waals surface area contributed by atoms with E-state index < -0.39 is 0 Å². The van der Waals surface area contributed by atoms with Crippen molar-refractivity contribution in [2.45, 2.75) is 0 Å². The van der Waals surface area contributed by atoms with Gasteiger partial charge >= 0.3 is 0 Å². The minimum Gasteiger partial charge on any atom is -0.256 e. The number of benzene rings is 9. The van der Waals surface area contributed by atoms with Crippen LogP contribution in [0.5, 0.6) is 0 Å². The Kier molecular flexibility index (Phi) is 6.57. The molecule has 0 bridgehead atoms. The first-order chi connectivity index (χ1) is 24.8. The first kappa shape index (κ1) is 28.4. The predicted molar refractivity (Wildman–Crippen MR) is 214 cm³/mol. The number of aromatic nitrogens is 1. The molecule has 10 aromatic rings. The van der Waals surface area contributed by atoms with Gasteiger partial charge in [-0.1, -0.05) is 170 Å². The summed E-state index contributed by atoms with van der Waals surface area (Å²) in [6, 6.07) is 66.2. The van der Waals surface area contributed by atoms with E-state index in [0.29, 0.717) is 0 Å². The fourth-order valence-electron chi connectivity index (χ4n) is 8.10. The van der Waals surface area contributed by atoms with Crippen LogP contribution in [0.2, 0.25) is 0 Å². The zero-order chi connectivity index (χ0) is 33.0. The Balaban J connectivity index is 1.19. The van der Waals surface area contributed by atoms with Crippen LogP contribution in [-0.2, 0) is 0 Å². The molecule has 0 saturated heterocycles. The summed E-state index contributed by atoms with van der Waals surface area (Å²) in [5.41, 5.74) is 10.8. The number of hydrogen-bond donors (Lipinski definition) is 0. The Hall–Kier alpha value is -6.57. The molecule has 50 heavy (non-hydrogen) atoms. The topological polar surface area (TPSA) is 12.9 Å². The van der Waals surface area contributed by atoms with Crippen LogP contribution >= 0.6 is 0 Å². The second-order valence-corrected chi connectivity index (χ2v) is 13.0. The third-order valence-electron chi connectivity index (χ3n) is 10.3. The zero-order valence-corrected chi connectivity index (χ0v) is 27.3. The fourth-order valence-corrected chi connectivity index (χ4v) is 8.10. The van der Waals surface area contributed by atoms with E-state index >= 15 is 0 Å². The second-order valence-electron chi connectivity index (χ2n) is 13.0. The monoisotopic (exact) mass is 633 g/mol. The number of fused-ring (bicyclic) bond motifs is 5. The highest BCUT2D eigenvalue weighted by atomic mass is 14.7. The molecule has 0 aliphatic carbocycles. The van der Waals surface area contributed by atoms with Crippen molar-refractivity contribution in [3.63, 3.8) is 0 Å². The van der Waals surface area contributed by atoms with Gasteiger partial charge in [0.15, 0.2) is 0 Å². The van der Waals surface area contributed by atoms with Gasteiger partial charge in [-0.25, -0.2) is 0 Å². The van der Waals surface area contributed by atoms with Gasteiger partial charge < -0.3 is 0 Å². The molecule has 0 unspecified atom stereocenters. The van der Waals surface area contributed by atoms with E-state index in [1.54, 1.807) is 0 Å². The lowest BCUT2D eigenvalue weighted by molar-refractivity contribution is 1.42. The molecule has 0 saturated carbocycles. The summed E-state index contributed by atoms with van der Waals surface area (Å²) >= 11 is 0. The fraction of sp³-hybridized carbons (Fsp3) is 0. The van der Waals surface area contributed by atoms with Crippen molar-refractivity contribution in [1.29, 1.82) is 0 Å². The molecule has 1 nitrogen and oxygen atoms in total. The summed E-state index contributed by atoms with van der Waals surface area (Å²) in [6.45, 7) is 0. The number of hydrogen-bond acceptors (Lipinski definition) is 1. The van der Waals surface area contributed by atoms with Gasteiger partial charge in [0.05, 0.1) is 5.52 Å². The van der Waals surface area contributed by atoms with Gasteiger partial charge in [0.1, 0.15) is 0 Å². The van der Waals surface area contributed by atoms with E-state index in [-0.39, 0.29) is 0 Å². The molecule has 0 amide bonds. The summed E-state index contributed by atoms with van der Waals surface area (Å²) in [5, 5.41) is 11.2. The Bertz CT molecular complexity index is 2790. The largest absolute Gasteiger partial charge is 0.256 e. The number of nitrogens with zero attached hydrogens (tertiary/aromatic N) is 1. The molecular weight excluding hydrogens is 603 g/mol. The maximum atomic E-state index is 4.98. The molecule has 10 rings (SSSR count). The average molecular weight is 634 g/mol. The highest BCUT2D eigenvalue weighted by Gasteiger charge is 2.19. The Morgan fingerprint density at radius 3 is 1.24 bits per heavy atom. The van der Waals surface area contributed by atoms with Crippen LogP contribution in [0.15, 0.2) is 188 Å². The van der Waals surface area contributed by atoms with Crippen LogP contribution in [0.3, 0.4) is 0 Å². The van der Waals surface area contributed by atoms with Crippen LogP contribution in [0.4, 0.5) is 0 Å². The quantitative estimate of drug-likeness (QED) is 0.176. The van der Waals surface area contributed by atoms with Crippen LogP contribution in [0, 0.1) is 0 Å². The summed E-state index contributed by atoms with van der Waals surface area (Å²) < 4.78 is 0. The van der Waals surface area contributed by atoms with Crippen molar-refractivity contribution < 1.29 is 0 Å². The molecule has 0 N–H and O–H groups in total. The lowest BCUT2D eigenvalue weighted by atomic mass is 9.84. The van der Waals surface area contributed by atoms with E-state index in [4.69, 9.17) is 4.98 Å². The molecule has 0 atom stereocenters. The third kappa shape index (κ3) is 4.45. The summed E-state index contributed by atoms with van der Waals surface area (Å²) in [6.07, 6.45) is 1.91. The van der Waals surface area contributed by atoms with Gasteiger partial charge in [-0.15, -0.1) is 0 Å². The molecule has 0 aliphatic rings. The molecule has 0 radical (unpaired) electrons. The minimum atomic E-state index is 1.03. The van der Waals surface area contributed by atoms with Gasteiger partial charge in [-0.3, -0.25) is 4.98 Å². The average Bonchev–Trinajstić information content (AvgIpc) is 3.19. The van der Waals surface area contributed by atoms with Crippen molar-refractivity contribution in [2.24, 2.45) is 0 Å².